The van der Waals surface area contributed by atoms with Crippen molar-refractivity contribution in [3.8, 4) is 0 Å². The van der Waals surface area contributed by atoms with Crippen molar-refractivity contribution in [2.45, 2.75) is 44.2 Å². The Balaban J connectivity index is 1.32. The van der Waals surface area contributed by atoms with Crippen LogP contribution in [0, 0.1) is 11.6 Å². The van der Waals surface area contributed by atoms with Gasteiger partial charge in [-0.3, -0.25) is 4.79 Å². The number of amides is 1. The fraction of sp³-hybridized carbons (Fsp3) is 0.375. The number of anilines is 2. The summed E-state index contributed by atoms with van der Waals surface area (Å²) in [7, 11) is 3.93. The maximum Gasteiger partial charge on any atom is 0.225 e. The van der Waals surface area contributed by atoms with Crippen LogP contribution in [0.15, 0.2) is 42.5 Å². The third-order valence-electron chi connectivity index (χ3n) is 5.78. The summed E-state index contributed by atoms with van der Waals surface area (Å²) in [5, 5.41) is 7.48. The molecule has 2 aromatic carbocycles. The smallest absolute Gasteiger partial charge is 0.225 e. The second kappa shape index (κ2) is 9.46. The molecule has 1 aromatic heterocycles. The molecule has 0 bridgehead atoms. The van der Waals surface area contributed by atoms with Gasteiger partial charge in [-0.25, -0.2) is 13.8 Å². The van der Waals surface area contributed by atoms with E-state index < -0.39 is 11.6 Å². The Labute approximate surface area is 186 Å². The topological polar surface area (TPSA) is 70.2 Å². The Morgan fingerprint density at radius 1 is 1.00 bits per heavy atom. The fourth-order valence-corrected chi connectivity index (χ4v) is 4.14. The molecule has 0 spiro atoms. The molecule has 0 radical (unpaired) electrons. The average molecular weight is 440 g/mol. The molecular weight excluding hydrogens is 412 g/mol. The number of nitrogens with one attached hydrogen (secondary N) is 2. The summed E-state index contributed by atoms with van der Waals surface area (Å²) in [5.41, 5.74) is 1.36. The first-order chi connectivity index (χ1) is 15.4. The fourth-order valence-electron chi connectivity index (χ4n) is 4.14. The van der Waals surface area contributed by atoms with Crippen molar-refractivity contribution in [2.24, 2.45) is 0 Å². The lowest BCUT2D eigenvalue weighted by Gasteiger charge is -2.30. The summed E-state index contributed by atoms with van der Waals surface area (Å²) in [6.07, 6.45) is 3.45. The van der Waals surface area contributed by atoms with Gasteiger partial charge in [-0.05, 0) is 55.5 Å². The first kappa shape index (κ1) is 21.9. The Kier molecular flexibility index (Phi) is 6.48. The minimum absolute atomic E-state index is 0.0353. The summed E-state index contributed by atoms with van der Waals surface area (Å²) in [5.74, 6) is -0.543. The molecule has 2 N–H and O–H groups in total. The maximum absolute atomic E-state index is 13.3. The molecule has 1 saturated carbocycles. The van der Waals surface area contributed by atoms with Crippen LogP contribution in [-0.4, -0.2) is 42.1 Å². The number of aromatic nitrogens is 2. The zero-order valence-electron chi connectivity index (χ0n) is 18.2. The predicted molar refractivity (Wildman–Crippen MR) is 122 cm³/mol. The summed E-state index contributed by atoms with van der Waals surface area (Å²) in [4.78, 5) is 23.7. The van der Waals surface area contributed by atoms with Crippen LogP contribution in [0.1, 0.15) is 31.2 Å². The van der Waals surface area contributed by atoms with E-state index in [4.69, 9.17) is 4.98 Å². The number of halogens is 2. The SMILES string of the molecule is CN(C)c1nc(N[C@H]2CC[C@@H](NC(=O)Cc3ccc(F)c(F)c3)CC2)nc2ccccc12. The Morgan fingerprint density at radius 2 is 1.72 bits per heavy atom. The number of rotatable bonds is 6. The largest absolute Gasteiger partial charge is 0.362 e. The molecule has 1 aliphatic carbocycles. The van der Waals surface area contributed by atoms with Gasteiger partial charge >= 0.3 is 0 Å². The van der Waals surface area contributed by atoms with Crippen molar-refractivity contribution in [1.82, 2.24) is 15.3 Å². The number of nitrogens with zero attached hydrogens (tertiary/aromatic N) is 3. The highest BCUT2D eigenvalue weighted by Crippen LogP contribution is 2.26. The van der Waals surface area contributed by atoms with Crippen LogP contribution in [0.2, 0.25) is 0 Å². The van der Waals surface area contributed by atoms with Crippen LogP contribution in [0.4, 0.5) is 20.5 Å². The van der Waals surface area contributed by atoms with E-state index in [2.05, 4.69) is 15.6 Å². The summed E-state index contributed by atoms with van der Waals surface area (Å²) in [6.45, 7) is 0. The lowest BCUT2D eigenvalue weighted by molar-refractivity contribution is -0.121. The number of carbonyl (C=O) groups excluding carboxylic acids is 1. The molecule has 32 heavy (non-hydrogen) atoms. The molecule has 1 aliphatic rings. The van der Waals surface area contributed by atoms with Gasteiger partial charge in [0.15, 0.2) is 11.6 Å². The molecule has 6 nitrogen and oxygen atoms in total. The third kappa shape index (κ3) is 5.12. The van der Waals surface area contributed by atoms with E-state index in [9.17, 15) is 13.6 Å². The normalized spacial score (nSPS) is 18.4. The van der Waals surface area contributed by atoms with E-state index in [0.29, 0.717) is 11.5 Å². The van der Waals surface area contributed by atoms with Crippen LogP contribution in [0.25, 0.3) is 10.9 Å². The monoisotopic (exact) mass is 439 g/mol. The van der Waals surface area contributed by atoms with Crippen LogP contribution in [0.5, 0.6) is 0 Å². The first-order valence-corrected chi connectivity index (χ1v) is 10.8. The van der Waals surface area contributed by atoms with Crippen LogP contribution < -0.4 is 15.5 Å². The summed E-state index contributed by atoms with van der Waals surface area (Å²) in [6, 6.07) is 11.8. The number of hydrogen-bond acceptors (Lipinski definition) is 5. The molecule has 0 atom stereocenters. The van der Waals surface area contributed by atoms with E-state index in [-0.39, 0.29) is 24.4 Å². The molecule has 0 unspecified atom stereocenters. The molecule has 1 heterocycles. The molecule has 0 saturated heterocycles. The molecule has 1 amide bonds. The van der Waals surface area contributed by atoms with Gasteiger partial charge in [0.1, 0.15) is 5.82 Å². The van der Waals surface area contributed by atoms with Crippen molar-refractivity contribution >= 4 is 28.6 Å². The first-order valence-electron chi connectivity index (χ1n) is 10.8. The number of benzene rings is 2. The van der Waals surface area contributed by atoms with Crippen molar-refractivity contribution < 1.29 is 13.6 Å². The van der Waals surface area contributed by atoms with Gasteiger partial charge in [0.2, 0.25) is 11.9 Å². The number of para-hydroxylation sites is 1. The predicted octanol–water partition coefficient (Wildman–Crippen LogP) is 4.06. The van der Waals surface area contributed by atoms with Gasteiger partial charge in [-0.2, -0.15) is 4.98 Å². The zero-order valence-corrected chi connectivity index (χ0v) is 18.2. The van der Waals surface area contributed by atoms with E-state index in [0.717, 1.165) is 54.5 Å². The minimum Gasteiger partial charge on any atom is -0.362 e. The second-order valence-electron chi connectivity index (χ2n) is 8.47. The van der Waals surface area contributed by atoms with Crippen molar-refractivity contribution in [3.63, 3.8) is 0 Å². The molecule has 0 aliphatic heterocycles. The van der Waals surface area contributed by atoms with Crippen molar-refractivity contribution in [2.75, 3.05) is 24.3 Å². The molecule has 168 valence electrons. The molecular formula is C24H27F2N5O. The Hall–Kier alpha value is -3.29. The lowest BCUT2D eigenvalue weighted by atomic mass is 9.91. The van der Waals surface area contributed by atoms with Gasteiger partial charge in [-0.15, -0.1) is 0 Å². The highest BCUT2D eigenvalue weighted by Gasteiger charge is 2.23. The van der Waals surface area contributed by atoms with Crippen LogP contribution >= 0.6 is 0 Å². The standard InChI is InChI=1S/C24H27F2N5O/c1-31(2)23-18-5-3-4-6-21(18)29-24(30-23)28-17-10-8-16(9-11-17)27-22(32)14-15-7-12-19(25)20(26)13-15/h3-7,12-13,16-17H,8-11,14H2,1-2H3,(H,27,32)(H,28,29,30)/t16-,17+. The number of fused-ring (bicyclic) bond motifs is 1. The number of carbonyl (C=O) groups is 1. The van der Waals surface area contributed by atoms with E-state index in [1.54, 1.807) is 0 Å². The Bertz CT molecular complexity index is 1110. The van der Waals surface area contributed by atoms with E-state index >= 15 is 0 Å². The number of hydrogen-bond donors (Lipinski definition) is 2. The lowest BCUT2D eigenvalue weighted by Crippen LogP contribution is -2.41. The van der Waals surface area contributed by atoms with Gasteiger partial charge < -0.3 is 15.5 Å². The van der Waals surface area contributed by atoms with Gasteiger partial charge in [-0.1, -0.05) is 18.2 Å². The van der Waals surface area contributed by atoms with Crippen LogP contribution in [-0.2, 0) is 11.2 Å². The highest BCUT2D eigenvalue weighted by molar-refractivity contribution is 5.90. The van der Waals surface area contributed by atoms with E-state index in [1.165, 1.54) is 6.07 Å². The Morgan fingerprint density at radius 3 is 2.44 bits per heavy atom. The third-order valence-corrected chi connectivity index (χ3v) is 5.78. The summed E-state index contributed by atoms with van der Waals surface area (Å²) < 4.78 is 26.4. The van der Waals surface area contributed by atoms with Gasteiger partial charge in [0.25, 0.3) is 0 Å². The van der Waals surface area contributed by atoms with Crippen molar-refractivity contribution in [1.29, 1.82) is 0 Å². The molecule has 8 heteroatoms. The minimum atomic E-state index is -0.935. The van der Waals surface area contributed by atoms with E-state index in [1.807, 2.05) is 43.3 Å². The maximum atomic E-state index is 13.3. The second-order valence-corrected chi connectivity index (χ2v) is 8.47. The van der Waals surface area contributed by atoms with Crippen LogP contribution in [0.3, 0.4) is 0 Å². The quantitative estimate of drug-likeness (QED) is 0.606. The summed E-state index contributed by atoms with van der Waals surface area (Å²) >= 11 is 0. The highest BCUT2D eigenvalue weighted by atomic mass is 19.2. The zero-order chi connectivity index (χ0) is 22.7. The van der Waals surface area contributed by atoms with Gasteiger partial charge in [0, 0.05) is 31.6 Å². The van der Waals surface area contributed by atoms with Crippen molar-refractivity contribution in [3.05, 3.63) is 59.7 Å². The van der Waals surface area contributed by atoms with Gasteiger partial charge in [0.05, 0.1) is 11.9 Å². The average Bonchev–Trinajstić information content (AvgIpc) is 2.77. The molecule has 1 fully saturated rings. The molecule has 4 rings (SSSR count). The molecule has 3 aromatic rings.